The van der Waals surface area contributed by atoms with Gasteiger partial charge in [-0.05, 0) is 46.9 Å². The molecule has 4 rings (SSSR count). The van der Waals surface area contributed by atoms with E-state index in [0.717, 1.165) is 19.9 Å². The van der Waals surface area contributed by atoms with Gasteiger partial charge in [0.2, 0.25) is 9.84 Å². The van der Waals surface area contributed by atoms with Gasteiger partial charge in [0.15, 0.2) is 5.58 Å². The van der Waals surface area contributed by atoms with Crippen LogP contribution >= 0.6 is 22.6 Å². The van der Waals surface area contributed by atoms with Crippen molar-refractivity contribution in [3.05, 3.63) is 70.3 Å². The minimum atomic E-state index is -3.62. The molecule has 0 aliphatic rings. The highest BCUT2D eigenvalue weighted by Gasteiger charge is 2.23. The zero-order chi connectivity index (χ0) is 16.0. The van der Waals surface area contributed by atoms with Crippen LogP contribution in [-0.4, -0.2) is 8.42 Å². The van der Waals surface area contributed by atoms with E-state index >= 15 is 0 Å². The fraction of sp³-hybridized carbons (Fsp3) is 0. The van der Waals surface area contributed by atoms with Gasteiger partial charge in [-0.2, -0.15) is 0 Å². The van der Waals surface area contributed by atoms with Crippen molar-refractivity contribution in [2.75, 3.05) is 0 Å². The number of furan rings is 1. The number of benzene rings is 3. The Morgan fingerprint density at radius 2 is 1.39 bits per heavy atom. The minimum absolute atomic E-state index is 0.202. The summed E-state index contributed by atoms with van der Waals surface area (Å²) in [5.74, 6) is 0. The monoisotopic (exact) mass is 434 g/mol. The lowest BCUT2D eigenvalue weighted by Crippen LogP contribution is -2.01. The Balaban J connectivity index is 2.09. The SMILES string of the molecule is O=S(=O)(c1ccccc1)c1cccc2c1oc1c(I)cccc12. The Morgan fingerprint density at radius 1 is 0.739 bits per heavy atom. The average molecular weight is 434 g/mol. The first-order valence-electron chi connectivity index (χ1n) is 6.99. The summed E-state index contributed by atoms with van der Waals surface area (Å²) in [4.78, 5) is 0.468. The molecule has 0 saturated carbocycles. The van der Waals surface area contributed by atoms with E-state index in [-0.39, 0.29) is 9.79 Å². The highest BCUT2D eigenvalue weighted by Crippen LogP contribution is 2.36. The van der Waals surface area contributed by atoms with Gasteiger partial charge in [0.25, 0.3) is 0 Å². The van der Waals surface area contributed by atoms with E-state index in [0.29, 0.717) is 5.58 Å². The van der Waals surface area contributed by atoms with Crippen LogP contribution in [0.2, 0.25) is 0 Å². The number of sulfone groups is 1. The number of rotatable bonds is 2. The molecule has 0 N–H and O–H groups in total. The predicted octanol–water partition coefficient (Wildman–Crippen LogP) is 5.02. The highest BCUT2D eigenvalue weighted by atomic mass is 127. The van der Waals surface area contributed by atoms with Crippen LogP contribution in [0.25, 0.3) is 21.9 Å². The number of hydrogen-bond donors (Lipinski definition) is 0. The molecule has 4 aromatic rings. The molecule has 114 valence electrons. The summed E-state index contributed by atoms with van der Waals surface area (Å²) in [5.41, 5.74) is 1.13. The Bertz CT molecular complexity index is 1130. The molecule has 0 atom stereocenters. The van der Waals surface area contributed by atoms with Crippen molar-refractivity contribution in [3.8, 4) is 0 Å². The molecule has 0 aliphatic carbocycles. The molecule has 5 heteroatoms. The van der Waals surface area contributed by atoms with Gasteiger partial charge in [-0.25, -0.2) is 8.42 Å². The standard InChI is InChI=1S/C18H11IO3S/c19-15-10-4-8-13-14-9-5-11-16(18(14)22-17(13)15)23(20,21)12-6-2-1-3-7-12/h1-11H. The quantitative estimate of drug-likeness (QED) is 0.416. The van der Waals surface area contributed by atoms with Crippen molar-refractivity contribution in [2.24, 2.45) is 0 Å². The van der Waals surface area contributed by atoms with E-state index in [1.165, 1.54) is 0 Å². The van der Waals surface area contributed by atoms with Crippen LogP contribution in [0.15, 0.2) is 80.9 Å². The summed E-state index contributed by atoms with van der Waals surface area (Å²) < 4.78 is 32.8. The normalized spacial score (nSPS) is 12.0. The summed E-state index contributed by atoms with van der Waals surface area (Å²) in [6.07, 6.45) is 0. The van der Waals surface area contributed by atoms with E-state index < -0.39 is 9.84 Å². The van der Waals surface area contributed by atoms with Crippen molar-refractivity contribution in [2.45, 2.75) is 9.79 Å². The molecule has 0 amide bonds. The number of hydrogen-bond acceptors (Lipinski definition) is 3. The molecule has 0 unspecified atom stereocenters. The molecule has 0 saturated heterocycles. The molecule has 0 aliphatic heterocycles. The van der Waals surface area contributed by atoms with Gasteiger partial charge in [0.05, 0.1) is 8.47 Å². The van der Waals surface area contributed by atoms with Crippen molar-refractivity contribution in [1.29, 1.82) is 0 Å². The Hall–Kier alpha value is -1.86. The van der Waals surface area contributed by atoms with Crippen LogP contribution in [0.4, 0.5) is 0 Å². The summed E-state index contributed by atoms with van der Waals surface area (Å²) in [6, 6.07) is 19.5. The second-order valence-electron chi connectivity index (χ2n) is 5.17. The maximum atomic E-state index is 12.9. The van der Waals surface area contributed by atoms with Crippen molar-refractivity contribution in [3.63, 3.8) is 0 Å². The summed E-state index contributed by atoms with van der Waals surface area (Å²) in [6.45, 7) is 0. The van der Waals surface area contributed by atoms with Gasteiger partial charge in [0.1, 0.15) is 10.5 Å². The predicted molar refractivity (Wildman–Crippen MR) is 98.3 cm³/mol. The Kier molecular flexibility index (Phi) is 3.42. The largest absolute Gasteiger partial charge is 0.454 e. The molecular formula is C18H11IO3S. The lowest BCUT2D eigenvalue weighted by molar-refractivity contribution is 0.592. The lowest BCUT2D eigenvalue weighted by Gasteiger charge is -2.04. The summed E-state index contributed by atoms with van der Waals surface area (Å²) >= 11 is 2.19. The Labute approximate surface area is 147 Å². The second kappa shape index (κ2) is 5.35. The second-order valence-corrected chi connectivity index (χ2v) is 8.25. The molecule has 0 fully saturated rings. The van der Waals surface area contributed by atoms with Gasteiger partial charge in [-0.15, -0.1) is 0 Å². The van der Waals surface area contributed by atoms with Crippen LogP contribution < -0.4 is 0 Å². The van der Waals surface area contributed by atoms with E-state index in [9.17, 15) is 8.42 Å². The fourth-order valence-corrected chi connectivity index (χ4v) is 4.73. The van der Waals surface area contributed by atoms with Gasteiger partial charge in [-0.1, -0.05) is 42.5 Å². The molecule has 0 spiro atoms. The van der Waals surface area contributed by atoms with Crippen LogP contribution in [-0.2, 0) is 9.84 Å². The molecule has 1 heterocycles. The number of fused-ring (bicyclic) bond motifs is 3. The minimum Gasteiger partial charge on any atom is -0.454 e. The maximum Gasteiger partial charge on any atom is 0.210 e. The van der Waals surface area contributed by atoms with Crippen LogP contribution in [0.3, 0.4) is 0 Å². The molecule has 3 aromatic carbocycles. The Morgan fingerprint density at radius 3 is 2.13 bits per heavy atom. The highest BCUT2D eigenvalue weighted by molar-refractivity contribution is 14.1. The molecule has 0 radical (unpaired) electrons. The first kappa shape index (κ1) is 14.7. The molecule has 1 aromatic heterocycles. The van der Waals surface area contributed by atoms with Crippen LogP contribution in [0.1, 0.15) is 0 Å². The van der Waals surface area contributed by atoms with Crippen LogP contribution in [0.5, 0.6) is 0 Å². The summed E-state index contributed by atoms with van der Waals surface area (Å²) in [7, 11) is -3.62. The first-order chi connectivity index (χ1) is 11.1. The first-order valence-corrected chi connectivity index (χ1v) is 9.55. The molecular weight excluding hydrogens is 423 g/mol. The van der Waals surface area contributed by atoms with E-state index in [4.69, 9.17) is 4.42 Å². The van der Waals surface area contributed by atoms with E-state index in [1.807, 2.05) is 24.3 Å². The topological polar surface area (TPSA) is 47.3 Å². The van der Waals surface area contributed by atoms with Crippen molar-refractivity contribution < 1.29 is 12.8 Å². The number of para-hydroxylation sites is 2. The smallest absolute Gasteiger partial charge is 0.210 e. The maximum absolute atomic E-state index is 12.9. The zero-order valence-corrected chi connectivity index (χ0v) is 14.8. The van der Waals surface area contributed by atoms with Gasteiger partial charge >= 0.3 is 0 Å². The van der Waals surface area contributed by atoms with E-state index in [2.05, 4.69) is 22.6 Å². The van der Waals surface area contributed by atoms with Gasteiger partial charge in [0, 0.05) is 10.8 Å². The molecule has 0 bridgehead atoms. The summed E-state index contributed by atoms with van der Waals surface area (Å²) in [5, 5.41) is 1.74. The van der Waals surface area contributed by atoms with Crippen molar-refractivity contribution >= 4 is 54.4 Å². The molecule has 3 nitrogen and oxygen atoms in total. The lowest BCUT2D eigenvalue weighted by atomic mass is 10.1. The third-order valence-corrected chi connectivity index (χ3v) is 6.43. The third kappa shape index (κ3) is 2.26. The van der Waals surface area contributed by atoms with Gasteiger partial charge < -0.3 is 4.42 Å². The average Bonchev–Trinajstić information content (AvgIpc) is 2.96. The fourth-order valence-electron chi connectivity index (χ4n) is 2.70. The zero-order valence-electron chi connectivity index (χ0n) is 11.9. The third-order valence-electron chi connectivity index (χ3n) is 3.78. The van der Waals surface area contributed by atoms with E-state index in [1.54, 1.807) is 42.5 Å². The van der Waals surface area contributed by atoms with Crippen LogP contribution in [0, 0.1) is 3.57 Å². The van der Waals surface area contributed by atoms with Gasteiger partial charge in [-0.3, -0.25) is 0 Å². The molecule has 23 heavy (non-hydrogen) atoms. The van der Waals surface area contributed by atoms with Crippen molar-refractivity contribution in [1.82, 2.24) is 0 Å². The number of halogens is 1.